The summed E-state index contributed by atoms with van der Waals surface area (Å²) in [6, 6.07) is 15.4. The minimum absolute atomic E-state index is 0.0674. The fourth-order valence-electron chi connectivity index (χ4n) is 3.53. The Kier molecular flexibility index (Phi) is 9.61. The monoisotopic (exact) mass is 473 g/mol. The summed E-state index contributed by atoms with van der Waals surface area (Å²) in [6.45, 7) is 7.41. The topological polar surface area (TPSA) is 86.8 Å². The van der Waals surface area contributed by atoms with Gasteiger partial charge in [0.15, 0.2) is 0 Å². The van der Waals surface area contributed by atoms with Crippen molar-refractivity contribution in [2.75, 3.05) is 20.1 Å². The zero-order valence-electron chi connectivity index (χ0n) is 20.1. The molecule has 2 rings (SSSR count). The molecule has 0 aliphatic heterocycles. The molecule has 0 radical (unpaired) electrons. The number of carbonyl (C=O) groups is 2. The van der Waals surface area contributed by atoms with Gasteiger partial charge in [-0.05, 0) is 51.3 Å². The lowest BCUT2D eigenvalue weighted by Crippen LogP contribution is -2.53. The second-order valence-corrected chi connectivity index (χ2v) is 10.5. The first-order valence-corrected chi connectivity index (χ1v) is 12.7. The molecule has 7 nitrogen and oxygen atoms in total. The molecule has 0 aromatic heterocycles. The third kappa shape index (κ3) is 7.40. The molecule has 2 aromatic rings. The van der Waals surface area contributed by atoms with E-state index >= 15 is 0 Å². The molecule has 0 spiro atoms. The maximum Gasteiger partial charge on any atom is 0.243 e. The molecule has 33 heavy (non-hydrogen) atoms. The van der Waals surface area contributed by atoms with Crippen molar-refractivity contribution in [1.82, 2.24) is 14.5 Å². The first-order chi connectivity index (χ1) is 15.6. The van der Waals surface area contributed by atoms with Gasteiger partial charge in [-0.3, -0.25) is 9.59 Å². The maximum absolute atomic E-state index is 13.3. The summed E-state index contributed by atoms with van der Waals surface area (Å²) >= 11 is 0. The van der Waals surface area contributed by atoms with Crippen molar-refractivity contribution in [1.29, 1.82) is 0 Å². The van der Waals surface area contributed by atoms with E-state index in [1.807, 2.05) is 58.0 Å². The number of likely N-dealkylation sites (N-methyl/N-ethyl adjacent to an activating group) is 1. The number of aryl methyl sites for hydroxylation is 1. The van der Waals surface area contributed by atoms with Gasteiger partial charge in [0.2, 0.25) is 21.8 Å². The first-order valence-electron chi connectivity index (χ1n) is 11.2. The van der Waals surface area contributed by atoms with E-state index < -0.39 is 22.0 Å². The number of carbonyl (C=O) groups excluding carboxylic acids is 2. The third-order valence-electron chi connectivity index (χ3n) is 5.39. The largest absolute Gasteiger partial charge is 0.352 e. The van der Waals surface area contributed by atoms with Gasteiger partial charge in [0.05, 0.1) is 11.4 Å². The van der Waals surface area contributed by atoms with E-state index in [0.717, 1.165) is 15.4 Å². The number of rotatable bonds is 11. The molecule has 8 heteroatoms. The SMILES string of the molecule is CCC(C(=O)NC(C)C)N(CCc1ccccc1)C(=O)CN(C)S(=O)(=O)c1ccc(C)cc1. The number of sulfonamides is 1. The zero-order valence-corrected chi connectivity index (χ0v) is 20.9. The molecule has 0 saturated heterocycles. The molecule has 1 unspecified atom stereocenters. The highest BCUT2D eigenvalue weighted by atomic mass is 32.2. The molecular formula is C25H35N3O4S. The van der Waals surface area contributed by atoms with E-state index in [4.69, 9.17) is 0 Å². The van der Waals surface area contributed by atoms with Crippen LogP contribution in [0.5, 0.6) is 0 Å². The molecule has 1 N–H and O–H groups in total. The molecule has 1 atom stereocenters. The molecule has 0 aliphatic rings. The minimum atomic E-state index is -3.84. The van der Waals surface area contributed by atoms with Crippen LogP contribution in [0.2, 0.25) is 0 Å². The average molecular weight is 474 g/mol. The van der Waals surface area contributed by atoms with Crippen LogP contribution in [0.25, 0.3) is 0 Å². The van der Waals surface area contributed by atoms with Crippen LogP contribution in [0.1, 0.15) is 38.3 Å². The Morgan fingerprint density at radius 2 is 1.61 bits per heavy atom. The van der Waals surface area contributed by atoms with E-state index in [0.29, 0.717) is 19.4 Å². The van der Waals surface area contributed by atoms with E-state index in [1.54, 1.807) is 12.1 Å². The van der Waals surface area contributed by atoms with Crippen molar-refractivity contribution >= 4 is 21.8 Å². The summed E-state index contributed by atoms with van der Waals surface area (Å²) in [5, 5.41) is 2.88. The van der Waals surface area contributed by atoms with Gasteiger partial charge in [0.1, 0.15) is 6.04 Å². The second kappa shape index (κ2) is 12.0. The fourth-order valence-corrected chi connectivity index (χ4v) is 4.65. The van der Waals surface area contributed by atoms with Gasteiger partial charge in [-0.1, -0.05) is 55.0 Å². The summed E-state index contributed by atoms with van der Waals surface area (Å²) in [6.07, 6.45) is 0.986. The summed E-state index contributed by atoms with van der Waals surface area (Å²) < 4.78 is 27.0. The molecule has 180 valence electrons. The quantitative estimate of drug-likeness (QED) is 0.544. The fraction of sp³-hybridized carbons (Fsp3) is 0.440. The van der Waals surface area contributed by atoms with Crippen molar-refractivity contribution in [2.24, 2.45) is 0 Å². The van der Waals surface area contributed by atoms with Crippen LogP contribution < -0.4 is 5.32 Å². The molecular weight excluding hydrogens is 438 g/mol. The Bertz CT molecular complexity index is 1020. The normalized spacial score (nSPS) is 12.6. The van der Waals surface area contributed by atoms with E-state index in [1.165, 1.54) is 24.1 Å². The van der Waals surface area contributed by atoms with E-state index in [-0.39, 0.29) is 23.4 Å². The number of hydrogen-bond acceptors (Lipinski definition) is 4. The number of nitrogens with zero attached hydrogens (tertiary/aromatic N) is 2. The average Bonchev–Trinajstić information content (AvgIpc) is 2.76. The van der Waals surface area contributed by atoms with Crippen LogP contribution in [0, 0.1) is 6.92 Å². The number of amides is 2. The highest BCUT2D eigenvalue weighted by Crippen LogP contribution is 2.16. The van der Waals surface area contributed by atoms with Crippen LogP contribution in [0.3, 0.4) is 0 Å². The number of nitrogens with one attached hydrogen (secondary N) is 1. The summed E-state index contributed by atoms with van der Waals surface area (Å²) in [5.41, 5.74) is 1.98. The lowest BCUT2D eigenvalue weighted by Gasteiger charge is -2.32. The Morgan fingerprint density at radius 1 is 1.00 bits per heavy atom. The Balaban J connectivity index is 2.25. The van der Waals surface area contributed by atoms with Gasteiger partial charge in [-0.2, -0.15) is 4.31 Å². The smallest absolute Gasteiger partial charge is 0.243 e. The lowest BCUT2D eigenvalue weighted by atomic mass is 10.1. The van der Waals surface area contributed by atoms with Gasteiger partial charge in [0, 0.05) is 19.6 Å². The first kappa shape index (κ1) is 26.5. The van der Waals surface area contributed by atoms with Crippen molar-refractivity contribution in [3.63, 3.8) is 0 Å². The molecule has 2 aromatic carbocycles. The van der Waals surface area contributed by atoms with Crippen molar-refractivity contribution in [3.05, 3.63) is 65.7 Å². The summed E-state index contributed by atoms with van der Waals surface area (Å²) in [7, 11) is -2.45. The second-order valence-electron chi connectivity index (χ2n) is 8.48. The minimum Gasteiger partial charge on any atom is -0.352 e. The third-order valence-corrected chi connectivity index (χ3v) is 7.21. The van der Waals surface area contributed by atoms with Gasteiger partial charge in [0.25, 0.3) is 0 Å². The van der Waals surface area contributed by atoms with Crippen LogP contribution in [-0.4, -0.2) is 61.7 Å². The summed E-state index contributed by atoms with van der Waals surface area (Å²) in [5.74, 6) is -0.646. The van der Waals surface area contributed by atoms with Crippen LogP contribution >= 0.6 is 0 Å². The van der Waals surface area contributed by atoms with Crippen LogP contribution in [-0.2, 0) is 26.0 Å². The molecule has 2 amide bonds. The van der Waals surface area contributed by atoms with Crippen molar-refractivity contribution in [2.45, 2.75) is 57.5 Å². The predicted octanol–water partition coefficient (Wildman–Crippen LogP) is 2.99. The van der Waals surface area contributed by atoms with E-state index in [2.05, 4.69) is 5.32 Å². The summed E-state index contributed by atoms with van der Waals surface area (Å²) in [4.78, 5) is 27.8. The molecule has 0 fully saturated rings. The Labute approximate surface area is 197 Å². The van der Waals surface area contributed by atoms with Crippen molar-refractivity contribution in [3.8, 4) is 0 Å². The zero-order chi connectivity index (χ0) is 24.6. The van der Waals surface area contributed by atoms with Gasteiger partial charge in [-0.25, -0.2) is 8.42 Å². The van der Waals surface area contributed by atoms with Crippen molar-refractivity contribution < 1.29 is 18.0 Å². The number of hydrogen-bond donors (Lipinski definition) is 1. The number of benzene rings is 2. The maximum atomic E-state index is 13.3. The standard InChI is InChI=1S/C25H35N3O4S/c1-6-23(25(30)26-19(2)3)28(17-16-21-10-8-7-9-11-21)24(29)18-27(5)33(31,32)22-14-12-20(4)13-15-22/h7-15,19,23H,6,16-18H2,1-5H3,(H,26,30). The lowest BCUT2D eigenvalue weighted by molar-refractivity contribution is -0.140. The Hall–Kier alpha value is -2.71. The van der Waals surface area contributed by atoms with E-state index in [9.17, 15) is 18.0 Å². The molecule has 0 bridgehead atoms. The highest BCUT2D eigenvalue weighted by molar-refractivity contribution is 7.89. The van der Waals surface area contributed by atoms with Gasteiger partial charge in [-0.15, -0.1) is 0 Å². The Morgan fingerprint density at radius 3 is 2.15 bits per heavy atom. The highest BCUT2D eigenvalue weighted by Gasteiger charge is 2.31. The predicted molar refractivity (Wildman–Crippen MR) is 130 cm³/mol. The van der Waals surface area contributed by atoms with Gasteiger partial charge < -0.3 is 10.2 Å². The van der Waals surface area contributed by atoms with Crippen LogP contribution in [0.4, 0.5) is 0 Å². The molecule has 0 heterocycles. The molecule has 0 saturated carbocycles. The van der Waals surface area contributed by atoms with Crippen LogP contribution in [0.15, 0.2) is 59.5 Å². The van der Waals surface area contributed by atoms with Gasteiger partial charge >= 0.3 is 0 Å². The molecule has 0 aliphatic carbocycles.